The first-order chi connectivity index (χ1) is 10.5. The molecule has 0 aliphatic carbocycles. The van der Waals surface area contributed by atoms with Gasteiger partial charge in [0.1, 0.15) is 12.6 Å². The molecule has 0 atom stereocenters. The molecular formula is C15H13N3O4. The number of carboxylic acid groups (broad SMARTS) is 1. The van der Waals surface area contributed by atoms with E-state index in [2.05, 4.69) is 5.10 Å². The van der Waals surface area contributed by atoms with Gasteiger partial charge in [-0.05, 0) is 29.3 Å². The quantitative estimate of drug-likeness (QED) is 0.784. The van der Waals surface area contributed by atoms with Crippen molar-refractivity contribution in [3.8, 4) is 11.1 Å². The number of aromatic carboxylic acids is 1. The van der Waals surface area contributed by atoms with Gasteiger partial charge in [0.15, 0.2) is 0 Å². The number of benzene rings is 1. The summed E-state index contributed by atoms with van der Waals surface area (Å²) in [5.41, 5.74) is 1.74. The van der Waals surface area contributed by atoms with Crippen LogP contribution in [-0.2, 0) is 7.05 Å². The molecule has 0 saturated heterocycles. The van der Waals surface area contributed by atoms with Gasteiger partial charge in [-0.3, -0.25) is 4.79 Å². The summed E-state index contributed by atoms with van der Waals surface area (Å²) in [6.07, 6.45) is 3.27. The summed E-state index contributed by atoms with van der Waals surface area (Å²) in [6.45, 7) is 0. The topological polar surface area (TPSA) is 86.3 Å². The summed E-state index contributed by atoms with van der Waals surface area (Å²) in [7, 11) is 3.09. The largest absolute Gasteiger partial charge is 0.478 e. The maximum Gasteiger partial charge on any atom is 0.338 e. The molecule has 7 nitrogen and oxygen atoms in total. The summed E-state index contributed by atoms with van der Waals surface area (Å²) in [6, 6.07) is 6.45. The minimum atomic E-state index is -1.07. The fourth-order valence-electron chi connectivity index (χ4n) is 2.30. The molecule has 112 valence electrons. The van der Waals surface area contributed by atoms with E-state index in [0.29, 0.717) is 16.5 Å². The smallest absolute Gasteiger partial charge is 0.338 e. The molecule has 0 radical (unpaired) electrons. The lowest BCUT2D eigenvalue weighted by molar-refractivity contribution is 0.0698. The third-order valence-corrected chi connectivity index (χ3v) is 3.42. The fraction of sp³-hybridized carbons (Fsp3) is 0.133. The molecule has 0 aliphatic heterocycles. The number of nitrogens with zero attached hydrogens (tertiary/aromatic N) is 3. The molecule has 2 heterocycles. The van der Waals surface area contributed by atoms with Crippen LogP contribution in [0.4, 0.5) is 0 Å². The lowest BCUT2D eigenvalue weighted by atomic mass is 10.0. The minimum Gasteiger partial charge on any atom is -0.478 e. The van der Waals surface area contributed by atoms with E-state index in [1.807, 2.05) is 6.07 Å². The Bertz CT molecular complexity index is 940. The Morgan fingerprint density at radius 3 is 2.64 bits per heavy atom. The molecule has 0 saturated carbocycles. The molecule has 0 amide bonds. The summed E-state index contributed by atoms with van der Waals surface area (Å²) < 4.78 is 1.44. The van der Waals surface area contributed by atoms with Crippen molar-refractivity contribution in [2.75, 3.05) is 7.11 Å². The third-order valence-electron chi connectivity index (χ3n) is 3.42. The van der Waals surface area contributed by atoms with E-state index in [-0.39, 0.29) is 11.1 Å². The normalized spacial score (nSPS) is 10.8. The average Bonchev–Trinajstić information content (AvgIpc) is 2.91. The number of hydrogen-bond donors (Lipinski definition) is 1. The van der Waals surface area contributed by atoms with E-state index in [0.717, 1.165) is 5.56 Å². The zero-order valence-corrected chi connectivity index (χ0v) is 12.0. The first-order valence-corrected chi connectivity index (χ1v) is 6.48. The Balaban J connectivity index is 2.27. The highest BCUT2D eigenvalue weighted by Crippen LogP contribution is 2.26. The summed E-state index contributed by atoms with van der Waals surface area (Å²) in [5.74, 6) is -1.07. The molecule has 0 bridgehead atoms. The van der Waals surface area contributed by atoms with Crippen LogP contribution in [0.25, 0.3) is 22.0 Å². The van der Waals surface area contributed by atoms with Crippen LogP contribution in [0.5, 0.6) is 0 Å². The van der Waals surface area contributed by atoms with Gasteiger partial charge < -0.3 is 14.5 Å². The standard InChI is InChI=1S/C15H13N3O4/c1-17-7-9(3-4-13(17)19)10-5-11-8-18(22-2)16-14(11)12(6-10)15(20)21/h3-8H,1-2H3,(H,20,21). The van der Waals surface area contributed by atoms with Crippen LogP contribution in [-0.4, -0.2) is 32.7 Å². The van der Waals surface area contributed by atoms with Gasteiger partial charge in [-0.25, -0.2) is 4.79 Å². The van der Waals surface area contributed by atoms with Crippen LogP contribution in [0, 0.1) is 0 Å². The lowest BCUT2D eigenvalue weighted by Gasteiger charge is -2.06. The van der Waals surface area contributed by atoms with Gasteiger partial charge in [0.2, 0.25) is 5.56 Å². The molecule has 1 aromatic carbocycles. The number of pyridine rings is 1. The Labute approximate surface area is 124 Å². The second-order valence-corrected chi connectivity index (χ2v) is 4.85. The van der Waals surface area contributed by atoms with Crippen LogP contribution in [0.1, 0.15) is 10.4 Å². The molecule has 0 spiro atoms. The predicted molar refractivity (Wildman–Crippen MR) is 79.9 cm³/mol. The van der Waals surface area contributed by atoms with Crippen molar-refractivity contribution in [2.24, 2.45) is 7.05 Å². The zero-order chi connectivity index (χ0) is 15.9. The fourth-order valence-corrected chi connectivity index (χ4v) is 2.30. The first-order valence-electron chi connectivity index (χ1n) is 6.48. The van der Waals surface area contributed by atoms with Crippen LogP contribution >= 0.6 is 0 Å². The number of fused-ring (bicyclic) bond motifs is 1. The zero-order valence-electron chi connectivity index (χ0n) is 12.0. The highest BCUT2D eigenvalue weighted by Gasteiger charge is 2.15. The van der Waals surface area contributed by atoms with Crippen LogP contribution < -0.4 is 10.4 Å². The molecule has 0 unspecified atom stereocenters. The van der Waals surface area contributed by atoms with Crippen molar-refractivity contribution in [2.45, 2.75) is 0 Å². The Morgan fingerprint density at radius 2 is 2.00 bits per heavy atom. The minimum absolute atomic E-state index is 0.0807. The molecular weight excluding hydrogens is 286 g/mol. The van der Waals surface area contributed by atoms with Gasteiger partial charge in [-0.1, -0.05) is 0 Å². The number of carbonyl (C=O) groups is 1. The second kappa shape index (κ2) is 5.03. The maximum atomic E-state index is 11.5. The third kappa shape index (κ3) is 2.22. The van der Waals surface area contributed by atoms with E-state index in [1.54, 1.807) is 25.5 Å². The number of carboxylic acids is 1. The Hall–Kier alpha value is -3.09. The van der Waals surface area contributed by atoms with Crippen LogP contribution in [0.15, 0.2) is 41.5 Å². The van der Waals surface area contributed by atoms with Crippen LogP contribution in [0.3, 0.4) is 0 Å². The summed E-state index contributed by atoms with van der Waals surface area (Å²) in [5, 5.41) is 14.1. The van der Waals surface area contributed by atoms with E-state index in [4.69, 9.17) is 4.84 Å². The predicted octanol–water partition coefficient (Wildman–Crippen LogP) is 1.16. The Kier molecular flexibility index (Phi) is 3.17. The monoisotopic (exact) mass is 299 g/mol. The lowest BCUT2D eigenvalue weighted by Crippen LogP contribution is -2.14. The van der Waals surface area contributed by atoms with Gasteiger partial charge in [0.05, 0.1) is 11.8 Å². The van der Waals surface area contributed by atoms with Crippen molar-refractivity contribution < 1.29 is 14.7 Å². The number of aryl methyl sites for hydroxylation is 1. The molecule has 0 fully saturated rings. The molecule has 22 heavy (non-hydrogen) atoms. The van der Waals surface area contributed by atoms with Crippen molar-refractivity contribution >= 4 is 16.9 Å². The van der Waals surface area contributed by atoms with E-state index >= 15 is 0 Å². The van der Waals surface area contributed by atoms with Gasteiger partial charge in [0, 0.05) is 24.7 Å². The van der Waals surface area contributed by atoms with Gasteiger partial charge in [-0.15, -0.1) is 9.94 Å². The summed E-state index contributed by atoms with van der Waals surface area (Å²) >= 11 is 0. The second-order valence-electron chi connectivity index (χ2n) is 4.85. The highest BCUT2D eigenvalue weighted by molar-refractivity contribution is 6.03. The van der Waals surface area contributed by atoms with Crippen molar-refractivity contribution in [1.82, 2.24) is 14.5 Å². The van der Waals surface area contributed by atoms with E-state index in [1.165, 1.54) is 28.7 Å². The molecule has 3 rings (SSSR count). The van der Waals surface area contributed by atoms with Crippen molar-refractivity contribution in [3.63, 3.8) is 0 Å². The van der Waals surface area contributed by atoms with Gasteiger partial charge in [-0.2, -0.15) is 0 Å². The van der Waals surface area contributed by atoms with Gasteiger partial charge >= 0.3 is 5.97 Å². The van der Waals surface area contributed by atoms with Crippen molar-refractivity contribution in [1.29, 1.82) is 0 Å². The first kappa shape index (κ1) is 13.9. The van der Waals surface area contributed by atoms with Crippen LogP contribution in [0.2, 0.25) is 0 Å². The molecule has 0 aliphatic rings. The average molecular weight is 299 g/mol. The highest BCUT2D eigenvalue weighted by atomic mass is 16.7. The molecule has 2 aromatic heterocycles. The number of rotatable bonds is 3. The Morgan fingerprint density at radius 1 is 1.23 bits per heavy atom. The van der Waals surface area contributed by atoms with Gasteiger partial charge in [0.25, 0.3) is 0 Å². The molecule has 1 N–H and O–H groups in total. The SMILES string of the molecule is COn1cc2cc(-c3ccc(=O)n(C)c3)cc(C(=O)O)c2n1. The molecule has 7 heteroatoms. The number of aromatic nitrogens is 3. The van der Waals surface area contributed by atoms with E-state index in [9.17, 15) is 14.7 Å². The number of hydrogen-bond acceptors (Lipinski definition) is 4. The summed E-state index contributed by atoms with van der Waals surface area (Å²) in [4.78, 5) is 29.1. The van der Waals surface area contributed by atoms with Crippen molar-refractivity contribution in [3.05, 3.63) is 52.6 Å². The molecule has 3 aromatic rings. The maximum absolute atomic E-state index is 11.5. The van der Waals surface area contributed by atoms with E-state index < -0.39 is 5.97 Å².